The predicted molar refractivity (Wildman–Crippen MR) is 110 cm³/mol. The summed E-state index contributed by atoms with van der Waals surface area (Å²) in [6, 6.07) is 1.85. The van der Waals surface area contributed by atoms with Crippen LogP contribution in [-0.2, 0) is 0 Å². The van der Waals surface area contributed by atoms with Gasteiger partial charge in [0, 0.05) is 58.2 Å². The molecule has 0 amide bonds. The zero-order valence-electron chi connectivity index (χ0n) is 14.7. The minimum absolute atomic E-state index is 0. The smallest absolute Gasteiger partial charge is 0.225 e. The van der Waals surface area contributed by atoms with Crippen LogP contribution in [0.2, 0.25) is 0 Å². The third-order valence-corrected chi connectivity index (χ3v) is 3.93. The highest BCUT2D eigenvalue weighted by molar-refractivity contribution is 14.0. The Morgan fingerprint density at radius 3 is 2.54 bits per heavy atom. The summed E-state index contributed by atoms with van der Waals surface area (Å²) < 4.78 is 0. The van der Waals surface area contributed by atoms with Crippen LogP contribution in [0, 0.1) is 5.92 Å². The number of nitrogens with two attached hydrogens (primary N) is 1. The number of halogens is 1. The quantitative estimate of drug-likeness (QED) is 0.371. The first-order chi connectivity index (χ1) is 11.1. The second kappa shape index (κ2) is 11.4. The lowest BCUT2D eigenvalue weighted by Gasteiger charge is -2.34. The molecule has 0 radical (unpaired) electrons. The van der Waals surface area contributed by atoms with Gasteiger partial charge in [0.05, 0.1) is 0 Å². The van der Waals surface area contributed by atoms with E-state index in [0.29, 0.717) is 11.9 Å². The van der Waals surface area contributed by atoms with Crippen molar-refractivity contribution < 1.29 is 0 Å². The summed E-state index contributed by atoms with van der Waals surface area (Å²) in [4.78, 5) is 17.6. The number of aromatic nitrogens is 2. The molecule has 2 rings (SSSR count). The van der Waals surface area contributed by atoms with E-state index < -0.39 is 0 Å². The molecular formula is C16H30IN7. The number of nitrogens with zero attached hydrogens (tertiary/aromatic N) is 5. The summed E-state index contributed by atoms with van der Waals surface area (Å²) in [5, 5.41) is 3.19. The third kappa shape index (κ3) is 7.61. The van der Waals surface area contributed by atoms with Crippen LogP contribution in [0.1, 0.15) is 20.3 Å². The van der Waals surface area contributed by atoms with Gasteiger partial charge in [-0.25, -0.2) is 9.97 Å². The lowest BCUT2D eigenvalue weighted by molar-refractivity contribution is 0.260. The molecule has 0 spiro atoms. The van der Waals surface area contributed by atoms with E-state index in [4.69, 9.17) is 5.73 Å². The fraction of sp³-hybridized carbons (Fsp3) is 0.688. The molecule has 1 aliphatic rings. The number of anilines is 1. The van der Waals surface area contributed by atoms with Gasteiger partial charge in [0.1, 0.15) is 0 Å². The molecule has 0 saturated carbocycles. The van der Waals surface area contributed by atoms with Gasteiger partial charge in [-0.3, -0.25) is 9.89 Å². The van der Waals surface area contributed by atoms with Crippen molar-refractivity contribution in [1.29, 1.82) is 0 Å². The molecule has 136 valence electrons. The van der Waals surface area contributed by atoms with Gasteiger partial charge in [0.2, 0.25) is 5.95 Å². The molecule has 0 bridgehead atoms. The lowest BCUT2D eigenvalue weighted by atomic mass is 10.1. The Labute approximate surface area is 162 Å². The third-order valence-electron chi connectivity index (χ3n) is 3.93. The minimum atomic E-state index is 0. The summed E-state index contributed by atoms with van der Waals surface area (Å²) in [6.07, 6.45) is 4.66. The Kier molecular flexibility index (Phi) is 9.92. The van der Waals surface area contributed by atoms with E-state index in [9.17, 15) is 0 Å². The Balaban J connectivity index is 0.00000288. The molecule has 0 aliphatic carbocycles. The Morgan fingerprint density at radius 1 is 1.25 bits per heavy atom. The van der Waals surface area contributed by atoms with Gasteiger partial charge < -0.3 is 16.0 Å². The van der Waals surface area contributed by atoms with Gasteiger partial charge in [-0.15, -0.1) is 24.0 Å². The van der Waals surface area contributed by atoms with Crippen LogP contribution in [0.15, 0.2) is 23.5 Å². The summed E-state index contributed by atoms with van der Waals surface area (Å²) >= 11 is 0. The molecule has 1 aromatic rings. The van der Waals surface area contributed by atoms with Crippen molar-refractivity contribution in [3.63, 3.8) is 0 Å². The van der Waals surface area contributed by atoms with E-state index >= 15 is 0 Å². The molecule has 1 saturated heterocycles. The van der Waals surface area contributed by atoms with E-state index in [1.807, 2.05) is 6.07 Å². The molecule has 2 heterocycles. The molecule has 3 N–H and O–H groups in total. The van der Waals surface area contributed by atoms with Crippen LogP contribution < -0.4 is 16.0 Å². The van der Waals surface area contributed by atoms with Crippen LogP contribution in [0.25, 0.3) is 0 Å². The number of nitrogens with one attached hydrogen (secondary N) is 1. The highest BCUT2D eigenvalue weighted by Crippen LogP contribution is 2.08. The van der Waals surface area contributed by atoms with E-state index in [0.717, 1.165) is 58.2 Å². The maximum atomic E-state index is 5.87. The van der Waals surface area contributed by atoms with Crippen LogP contribution in [0.5, 0.6) is 0 Å². The fourth-order valence-corrected chi connectivity index (χ4v) is 2.47. The first-order valence-electron chi connectivity index (χ1n) is 8.43. The first kappa shape index (κ1) is 20.9. The molecule has 8 heteroatoms. The molecule has 1 aliphatic heterocycles. The normalized spacial score (nSPS) is 16.1. The SMILES string of the molecule is CC(C)CCN=C(N)NCCN1CCN(c2ncccn2)CC1.I. The van der Waals surface area contributed by atoms with Gasteiger partial charge >= 0.3 is 0 Å². The number of rotatable bonds is 7. The molecule has 1 fully saturated rings. The van der Waals surface area contributed by atoms with E-state index in [2.05, 4.69) is 43.9 Å². The van der Waals surface area contributed by atoms with Crippen molar-refractivity contribution in [1.82, 2.24) is 20.2 Å². The highest BCUT2D eigenvalue weighted by atomic mass is 127. The van der Waals surface area contributed by atoms with Crippen molar-refractivity contribution in [2.24, 2.45) is 16.6 Å². The molecule has 0 aromatic carbocycles. The topological polar surface area (TPSA) is 82.7 Å². The van der Waals surface area contributed by atoms with Crippen molar-refractivity contribution in [3.05, 3.63) is 18.5 Å². The molecule has 24 heavy (non-hydrogen) atoms. The van der Waals surface area contributed by atoms with Crippen LogP contribution in [0.4, 0.5) is 5.95 Å². The molecular weight excluding hydrogens is 417 g/mol. The Hall–Kier alpha value is -1.16. The fourth-order valence-electron chi connectivity index (χ4n) is 2.47. The standard InChI is InChI=1S/C16H29N7.HI/c1-14(2)4-7-18-15(17)19-8-9-22-10-12-23(13-11-22)16-20-5-3-6-21-16;/h3,5-6,14H,4,7-13H2,1-2H3,(H3,17,18,19);1H. The summed E-state index contributed by atoms with van der Waals surface area (Å²) in [5.74, 6) is 2.05. The maximum Gasteiger partial charge on any atom is 0.225 e. The Morgan fingerprint density at radius 2 is 1.92 bits per heavy atom. The van der Waals surface area contributed by atoms with Crippen LogP contribution in [-0.4, -0.2) is 66.6 Å². The van der Waals surface area contributed by atoms with Crippen LogP contribution in [0.3, 0.4) is 0 Å². The summed E-state index contributed by atoms with van der Waals surface area (Å²) in [5.41, 5.74) is 5.87. The zero-order chi connectivity index (χ0) is 16.5. The highest BCUT2D eigenvalue weighted by Gasteiger charge is 2.18. The number of guanidine groups is 1. The van der Waals surface area contributed by atoms with Crippen LogP contribution >= 0.6 is 24.0 Å². The van der Waals surface area contributed by atoms with Gasteiger partial charge in [-0.1, -0.05) is 13.8 Å². The number of piperazine rings is 1. The predicted octanol–water partition coefficient (Wildman–Crippen LogP) is 1.17. The monoisotopic (exact) mass is 447 g/mol. The molecule has 7 nitrogen and oxygen atoms in total. The minimum Gasteiger partial charge on any atom is -0.370 e. The van der Waals surface area contributed by atoms with Gasteiger partial charge in [-0.05, 0) is 18.4 Å². The zero-order valence-corrected chi connectivity index (χ0v) is 17.0. The average Bonchev–Trinajstić information content (AvgIpc) is 2.56. The average molecular weight is 447 g/mol. The van der Waals surface area contributed by atoms with Crippen molar-refractivity contribution >= 4 is 35.9 Å². The Bertz CT molecular complexity index is 473. The lowest BCUT2D eigenvalue weighted by Crippen LogP contribution is -2.49. The van der Waals surface area contributed by atoms with Gasteiger partial charge in [0.15, 0.2) is 5.96 Å². The number of aliphatic imine (C=N–C) groups is 1. The van der Waals surface area contributed by atoms with Gasteiger partial charge in [-0.2, -0.15) is 0 Å². The second-order valence-electron chi connectivity index (χ2n) is 6.25. The first-order valence-corrected chi connectivity index (χ1v) is 8.43. The number of hydrogen-bond donors (Lipinski definition) is 2. The second-order valence-corrected chi connectivity index (χ2v) is 6.25. The molecule has 0 unspecified atom stereocenters. The largest absolute Gasteiger partial charge is 0.370 e. The van der Waals surface area contributed by atoms with Gasteiger partial charge in [0.25, 0.3) is 0 Å². The van der Waals surface area contributed by atoms with E-state index in [-0.39, 0.29) is 24.0 Å². The summed E-state index contributed by atoms with van der Waals surface area (Å²) in [6.45, 7) is 11.0. The van der Waals surface area contributed by atoms with E-state index in [1.165, 1.54) is 0 Å². The summed E-state index contributed by atoms with van der Waals surface area (Å²) in [7, 11) is 0. The van der Waals surface area contributed by atoms with Crippen molar-refractivity contribution in [2.75, 3.05) is 50.7 Å². The number of hydrogen-bond acceptors (Lipinski definition) is 5. The molecule has 0 atom stereocenters. The molecule has 1 aromatic heterocycles. The van der Waals surface area contributed by atoms with Crippen molar-refractivity contribution in [2.45, 2.75) is 20.3 Å². The van der Waals surface area contributed by atoms with E-state index in [1.54, 1.807) is 12.4 Å². The van der Waals surface area contributed by atoms with Crippen molar-refractivity contribution in [3.8, 4) is 0 Å². The maximum absolute atomic E-state index is 5.87.